The van der Waals surface area contributed by atoms with Crippen LogP contribution in [-0.2, 0) is 21.2 Å². The molecule has 0 spiro atoms. The van der Waals surface area contributed by atoms with Crippen molar-refractivity contribution in [3.63, 3.8) is 0 Å². The van der Waals surface area contributed by atoms with Gasteiger partial charge in [0.25, 0.3) is 10.0 Å². The maximum Gasteiger partial charge on any atom is 0.251 e. The normalized spacial score (nSPS) is 11.0. The third-order valence-corrected chi connectivity index (χ3v) is 7.44. The fourth-order valence-corrected chi connectivity index (χ4v) is 4.89. The summed E-state index contributed by atoms with van der Waals surface area (Å²) in [4.78, 5) is 22.6. The maximum absolute atomic E-state index is 12.6. The van der Waals surface area contributed by atoms with Crippen LogP contribution in [0.25, 0.3) is 11.3 Å². The molecule has 154 valence electrons. The molecule has 3 aromatic rings. The molecule has 1 amide bonds. The second-order valence-corrected chi connectivity index (χ2v) is 9.18. The molecule has 0 radical (unpaired) electrons. The molecule has 0 unspecified atom stereocenters. The van der Waals surface area contributed by atoms with E-state index in [1.807, 2.05) is 42.5 Å². The lowest BCUT2D eigenvalue weighted by Gasteiger charge is -2.14. The van der Waals surface area contributed by atoms with Gasteiger partial charge in [-0.05, 0) is 31.7 Å². The molecule has 0 atom stereocenters. The SMILES string of the molecule is CNS(=O)(=O)c1sc(N(C)C(=O)Cc2ccc(-c3ccccn3)cc2)nc1C.Cl. The number of anilines is 1. The van der Waals surface area contributed by atoms with Gasteiger partial charge in [-0.15, -0.1) is 12.4 Å². The summed E-state index contributed by atoms with van der Waals surface area (Å²) >= 11 is 0.973. The number of carbonyl (C=O) groups is 1. The Kier molecular flexibility index (Phi) is 7.48. The highest BCUT2D eigenvalue weighted by atomic mass is 35.5. The Morgan fingerprint density at radius 3 is 2.45 bits per heavy atom. The zero-order chi connectivity index (χ0) is 20.3. The van der Waals surface area contributed by atoms with Gasteiger partial charge in [0.2, 0.25) is 5.91 Å². The van der Waals surface area contributed by atoms with E-state index >= 15 is 0 Å². The predicted molar refractivity (Wildman–Crippen MR) is 117 cm³/mol. The lowest BCUT2D eigenvalue weighted by Crippen LogP contribution is -2.27. The number of aromatic nitrogens is 2. The van der Waals surface area contributed by atoms with Crippen LogP contribution in [0.15, 0.2) is 52.9 Å². The third kappa shape index (κ3) is 5.18. The number of hydrogen-bond acceptors (Lipinski definition) is 6. The number of pyridine rings is 1. The number of rotatable bonds is 6. The number of halogens is 1. The number of aryl methyl sites for hydroxylation is 1. The molecule has 29 heavy (non-hydrogen) atoms. The summed E-state index contributed by atoms with van der Waals surface area (Å²) in [6.45, 7) is 1.61. The molecule has 0 aliphatic carbocycles. The van der Waals surface area contributed by atoms with Gasteiger partial charge in [-0.25, -0.2) is 18.1 Å². The highest BCUT2D eigenvalue weighted by Gasteiger charge is 2.23. The highest BCUT2D eigenvalue weighted by Crippen LogP contribution is 2.29. The van der Waals surface area contributed by atoms with Gasteiger partial charge in [0.15, 0.2) is 9.34 Å². The summed E-state index contributed by atoms with van der Waals surface area (Å²) in [5, 5.41) is 0.349. The fourth-order valence-electron chi connectivity index (χ4n) is 2.58. The Bertz CT molecular complexity index is 1080. The van der Waals surface area contributed by atoms with Gasteiger partial charge in [0.05, 0.1) is 17.8 Å². The summed E-state index contributed by atoms with van der Waals surface area (Å²) in [5.74, 6) is -0.173. The van der Waals surface area contributed by atoms with Crippen LogP contribution in [0, 0.1) is 6.92 Å². The predicted octanol–water partition coefficient (Wildman–Crippen LogP) is 3.05. The van der Waals surface area contributed by atoms with Crippen LogP contribution in [0.3, 0.4) is 0 Å². The number of nitrogens with one attached hydrogen (secondary N) is 1. The first kappa shape index (κ1) is 23.0. The van der Waals surface area contributed by atoms with Crippen molar-refractivity contribution in [1.82, 2.24) is 14.7 Å². The minimum Gasteiger partial charge on any atom is -0.291 e. The average Bonchev–Trinajstić information content (AvgIpc) is 3.11. The topological polar surface area (TPSA) is 92.3 Å². The van der Waals surface area contributed by atoms with Gasteiger partial charge < -0.3 is 0 Å². The van der Waals surface area contributed by atoms with Crippen molar-refractivity contribution >= 4 is 44.8 Å². The van der Waals surface area contributed by atoms with Crippen LogP contribution >= 0.6 is 23.7 Å². The zero-order valence-corrected chi connectivity index (χ0v) is 18.6. The molecule has 0 aliphatic rings. The number of thiazole rings is 1. The molecule has 3 rings (SSSR count). The van der Waals surface area contributed by atoms with Crippen molar-refractivity contribution in [2.45, 2.75) is 17.6 Å². The Hall–Kier alpha value is -2.33. The van der Waals surface area contributed by atoms with Crippen molar-refractivity contribution in [3.05, 3.63) is 59.9 Å². The monoisotopic (exact) mass is 452 g/mol. The van der Waals surface area contributed by atoms with Crippen LogP contribution in [0.4, 0.5) is 5.13 Å². The van der Waals surface area contributed by atoms with Crippen LogP contribution in [0.2, 0.25) is 0 Å². The van der Waals surface area contributed by atoms with E-state index in [2.05, 4.69) is 14.7 Å². The first-order chi connectivity index (χ1) is 13.3. The molecule has 0 fully saturated rings. The van der Waals surface area contributed by atoms with E-state index in [0.717, 1.165) is 28.2 Å². The molecule has 10 heteroatoms. The van der Waals surface area contributed by atoms with Gasteiger partial charge in [-0.1, -0.05) is 41.7 Å². The number of nitrogens with zero attached hydrogens (tertiary/aromatic N) is 3. The molecule has 0 saturated carbocycles. The van der Waals surface area contributed by atoms with E-state index < -0.39 is 10.0 Å². The summed E-state index contributed by atoms with van der Waals surface area (Å²) in [6, 6.07) is 13.3. The van der Waals surface area contributed by atoms with E-state index in [0.29, 0.717) is 10.8 Å². The van der Waals surface area contributed by atoms with E-state index in [-0.39, 0.29) is 28.9 Å². The minimum absolute atomic E-state index is 0. The Morgan fingerprint density at radius 2 is 1.86 bits per heavy atom. The quantitative estimate of drug-likeness (QED) is 0.620. The van der Waals surface area contributed by atoms with Crippen LogP contribution in [-0.4, -0.2) is 38.4 Å². The molecule has 2 heterocycles. The smallest absolute Gasteiger partial charge is 0.251 e. The van der Waals surface area contributed by atoms with Crippen molar-refractivity contribution in [3.8, 4) is 11.3 Å². The molecule has 7 nitrogen and oxygen atoms in total. The summed E-state index contributed by atoms with van der Waals surface area (Å²) < 4.78 is 26.4. The number of sulfonamides is 1. The van der Waals surface area contributed by atoms with Gasteiger partial charge in [0, 0.05) is 18.8 Å². The number of likely N-dealkylation sites (N-methyl/N-ethyl adjacent to an activating group) is 1. The lowest BCUT2D eigenvalue weighted by molar-refractivity contribution is -0.117. The molecule has 0 bridgehead atoms. The van der Waals surface area contributed by atoms with Crippen LogP contribution < -0.4 is 9.62 Å². The second-order valence-electron chi connectivity index (χ2n) is 6.12. The van der Waals surface area contributed by atoms with E-state index in [1.165, 1.54) is 11.9 Å². The lowest BCUT2D eigenvalue weighted by atomic mass is 10.1. The molecule has 0 saturated heterocycles. The molecule has 1 aromatic carbocycles. The summed E-state index contributed by atoms with van der Waals surface area (Å²) in [6.07, 6.45) is 1.92. The first-order valence-electron chi connectivity index (χ1n) is 8.49. The maximum atomic E-state index is 12.6. The van der Waals surface area contributed by atoms with Crippen LogP contribution in [0.1, 0.15) is 11.3 Å². The van der Waals surface area contributed by atoms with Gasteiger partial charge in [-0.3, -0.25) is 14.7 Å². The molecular formula is C19H21ClN4O3S2. The van der Waals surface area contributed by atoms with Gasteiger partial charge >= 0.3 is 0 Å². The largest absolute Gasteiger partial charge is 0.291 e. The Morgan fingerprint density at radius 1 is 1.17 bits per heavy atom. The van der Waals surface area contributed by atoms with E-state index in [4.69, 9.17) is 0 Å². The molecule has 2 aromatic heterocycles. The van der Waals surface area contributed by atoms with E-state index in [1.54, 1.807) is 20.2 Å². The van der Waals surface area contributed by atoms with Crippen molar-refractivity contribution in [1.29, 1.82) is 0 Å². The Balaban J connectivity index is 0.00000300. The Labute approximate surface area is 180 Å². The average molecular weight is 453 g/mol. The first-order valence-corrected chi connectivity index (χ1v) is 10.8. The van der Waals surface area contributed by atoms with Crippen LogP contribution in [0.5, 0.6) is 0 Å². The third-order valence-electron chi connectivity index (χ3n) is 4.19. The summed E-state index contributed by atoms with van der Waals surface area (Å²) in [7, 11) is -0.654. The van der Waals surface area contributed by atoms with E-state index in [9.17, 15) is 13.2 Å². The van der Waals surface area contributed by atoms with Gasteiger partial charge in [0.1, 0.15) is 0 Å². The summed E-state index contributed by atoms with van der Waals surface area (Å²) in [5.41, 5.74) is 3.07. The number of benzene rings is 1. The highest BCUT2D eigenvalue weighted by molar-refractivity contribution is 7.91. The number of amides is 1. The standard InChI is InChI=1S/C19H20N4O3S2.ClH/c1-13-18(28(25,26)20-2)27-19(22-13)23(3)17(24)12-14-7-9-15(10-8-14)16-6-4-5-11-21-16;/h4-11,20H,12H2,1-3H3;1H. The molecular weight excluding hydrogens is 432 g/mol. The van der Waals surface area contributed by atoms with Crippen molar-refractivity contribution < 1.29 is 13.2 Å². The second kappa shape index (κ2) is 9.45. The van der Waals surface area contributed by atoms with Gasteiger partial charge in [-0.2, -0.15) is 0 Å². The number of carbonyl (C=O) groups excluding carboxylic acids is 1. The minimum atomic E-state index is -3.60. The van der Waals surface area contributed by atoms with Crippen molar-refractivity contribution in [2.24, 2.45) is 0 Å². The fraction of sp³-hybridized carbons (Fsp3) is 0.211. The molecule has 0 aliphatic heterocycles. The number of hydrogen-bond donors (Lipinski definition) is 1. The van der Waals surface area contributed by atoms with Crippen molar-refractivity contribution in [2.75, 3.05) is 19.0 Å². The zero-order valence-electron chi connectivity index (χ0n) is 16.1. The molecule has 1 N–H and O–H groups in total.